The normalized spacial score (nSPS) is 26.1. The Balaban J connectivity index is 2.14. The third-order valence-electron chi connectivity index (χ3n) is 3.45. The molecule has 0 amide bonds. The summed E-state index contributed by atoms with van der Waals surface area (Å²) in [5.74, 6) is -0.671. The summed E-state index contributed by atoms with van der Waals surface area (Å²) in [7, 11) is 0. The summed E-state index contributed by atoms with van der Waals surface area (Å²) in [5, 5.41) is 17.7. The van der Waals surface area contributed by atoms with Crippen molar-refractivity contribution in [1.29, 1.82) is 0 Å². The Labute approximate surface area is 97.3 Å². The predicted octanol–water partition coefficient (Wildman–Crippen LogP) is 1.34. The quantitative estimate of drug-likeness (QED) is 0.647. The molecule has 1 saturated heterocycles. The number of unbranched alkanes of at least 4 members (excludes halogenated alkanes) is 3. The van der Waals surface area contributed by atoms with E-state index in [1.54, 1.807) is 0 Å². The number of hydrogen-bond donors (Lipinski definition) is 2. The highest BCUT2D eigenvalue weighted by Crippen LogP contribution is 2.30. The summed E-state index contributed by atoms with van der Waals surface area (Å²) < 4.78 is 0. The van der Waals surface area contributed by atoms with Crippen molar-refractivity contribution in [3.63, 3.8) is 0 Å². The van der Waals surface area contributed by atoms with Crippen molar-refractivity contribution in [2.24, 2.45) is 5.41 Å². The minimum Gasteiger partial charge on any atom is -0.481 e. The largest absolute Gasteiger partial charge is 0.481 e. The Kier molecular flexibility index (Phi) is 5.22. The summed E-state index contributed by atoms with van der Waals surface area (Å²) >= 11 is 0. The zero-order valence-electron chi connectivity index (χ0n) is 10.1. The molecule has 0 aromatic carbocycles. The van der Waals surface area contributed by atoms with E-state index >= 15 is 0 Å². The number of aliphatic hydroxyl groups excluding tert-OH is 1. The van der Waals surface area contributed by atoms with E-state index in [2.05, 4.69) is 4.90 Å². The predicted molar refractivity (Wildman–Crippen MR) is 62.4 cm³/mol. The van der Waals surface area contributed by atoms with Gasteiger partial charge in [-0.1, -0.05) is 12.8 Å². The van der Waals surface area contributed by atoms with Crippen molar-refractivity contribution in [2.45, 2.75) is 39.0 Å². The molecule has 0 aromatic heterocycles. The molecule has 4 nitrogen and oxygen atoms in total. The van der Waals surface area contributed by atoms with Crippen LogP contribution >= 0.6 is 0 Å². The smallest absolute Gasteiger partial charge is 0.310 e. The van der Waals surface area contributed by atoms with Crippen molar-refractivity contribution >= 4 is 5.97 Å². The SMILES string of the molecule is CC1(C(=O)O)CCN(CCCCCCO)C1. The molecule has 2 N–H and O–H groups in total. The first-order valence-electron chi connectivity index (χ1n) is 6.15. The number of hydrogen-bond acceptors (Lipinski definition) is 3. The number of likely N-dealkylation sites (tertiary alicyclic amines) is 1. The number of nitrogens with zero attached hydrogens (tertiary/aromatic N) is 1. The summed E-state index contributed by atoms with van der Waals surface area (Å²) in [4.78, 5) is 13.3. The monoisotopic (exact) mass is 229 g/mol. The summed E-state index contributed by atoms with van der Waals surface area (Å²) in [6, 6.07) is 0. The molecule has 1 aliphatic rings. The van der Waals surface area contributed by atoms with Gasteiger partial charge in [0, 0.05) is 13.2 Å². The van der Waals surface area contributed by atoms with E-state index in [1.165, 1.54) is 0 Å². The molecule has 0 saturated carbocycles. The molecule has 4 heteroatoms. The van der Waals surface area contributed by atoms with Crippen LogP contribution in [-0.2, 0) is 4.79 Å². The van der Waals surface area contributed by atoms with E-state index in [9.17, 15) is 4.79 Å². The maximum Gasteiger partial charge on any atom is 0.310 e. The Morgan fingerprint density at radius 1 is 1.31 bits per heavy atom. The van der Waals surface area contributed by atoms with Gasteiger partial charge in [0.25, 0.3) is 0 Å². The van der Waals surface area contributed by atoms with Crippen LogP contribution in [0.5, 0.6) is 0 Å². The first-order valence-corrected chi connectivity index (χ1v) is 6.15. The number of carbonyl (C=O) groups is 1. The molecule has 1 unspecified atom stereocenters. The zero-order chi connectivity index (χ0) is 12.0. The second-order valence-electron chi connectivity index (χ2n) is 5.03. The van der Waals surface area contributed by atoms with Crippen LogP contribution < -0.4 is 0 Å². The maximum absolute atomic E-state index is 11.0. The van der Waals surface area contributed by atoms with E-state index in [0.29, 0.717) is 6.54 Å². The number of aliphatic carboxylic acids is 1. The molecule has 1 atom stereocenters. The van der Waals surface area contributed by atoms with Gasteiger partial charge in [0.05, 0.1) is 5.41 Å². The molecule has 16 heavy (non-hydrogen) atoms. The van der Waals surface area contributed by atoms with Gasteiger partial charge in [-0.15, -0.1) is 0 Å². The molecular weight excluding hydrogens is 206 g/mol. The molecule has 1 fully saturated rings. The van der Waals surface area contributed by atoms with Gasteiger partial charge in [0.1, 0.15) is 0 Å². The highest BCUT2D eigenvalue weighted by atomic mass is 16.4. The Hall–Kier alpha value is -0.610. The Morgan fingerprint density at radius 2 is 2.00 bits per heavy atom. The summed E-state index contributed by atoms with van der Waals surface area (Å²) in [6.45, 7) is 4.70. The van der Waals surface area contributed by atoms with Crippen LogP contribution in [0.25, 0.3) is 0 Å². The van der Waals surface area contributed by atoms with E-state index in [0.717, 1.165) is 45.2 Å². The molecule has 0 spiro atoms. The molecule has 0 aromatic rings. The average molecular weight is 229 g/mol. The fourth-order valence-corrected chi connectivity index (χ4v) is 2.22. The highest BCUT2D eigenvalue weighted by molar-refractivity contribution is 5.74. The van der Waals surface area contributed by atoms with Gasteiger partial charge >= 0.3 is 5.97 Å². The van der Waals surface area contributed by atoms with Crippen LogP contribution in [0.1, 0.15) is 39.0 Å². The van der Waals surface area contributed by atoms with Crippen molar-refractivity contribution < 1.29 is 15.0 Å². The van der Waals surface area contributed by atoms with Crippen LogP contribution in [0.4, 0.5) is 0 Å². The van der Waals surface area contributed by atoms with Crippen LogP contribution in [0.15, 0.2) is 0 Å². The number of rotatable bonds is 7. The second-order valence-corrected chi connectivity index (χ2v) is 5.03. The minimum atomic E-state index is -0.671. The third-order valence-corrected chi connectivity index (χ3v) is 3.45. The maximum atomic E-state index is 11.0. The van der Waals surface area contributed by atoms with Crippen LogP contribution in [0, 0.1) is 5.41 Å². The number of aliphatic hydroxyl groups is 1. The lowest BCUT2D eigenvalue weighted by molar-refractivity contribution is -0.147. The van der Waals surface area contributed by atoms with E-state index < -0.39 is 11.4 Å². The van der Waals surface area contributed by atoms with Gasteiger partial charge in [-0.2, -0.15) is 0 Å². The number of carboxylic acid groups (broad SMARTS) is 1. The van der Waals surface area contributed by atoms with Gasteiger partial charge in [0.15, 0.2) is 0 Å². The minimum absolute atomic E-state index is 0.279. The van der Waals surface area contributed by atoms with Gasteiger partial charge in [-0.3, -0.25) is 4.79 Å². The first kappa shape index (κ1) is 13.5. The summed E-state index contributed by atoms with van der Waals surface area (Å²) in [6.07, 6.45) is 4.95. The average Bonchev–Trinajstić information content (AvgIpc) is 2.62. The van der Waals surface area contributed by atoms with Gasteiger partial charge in [0.2, 0.25) is 0 Å². The third kappa shape index (κ3) is 3.76. The van der Waals surface area contributed by atoms with E-state index in [1.807, 2.05) is 6.92 Å². The molecule has 0 aliphatic carbocycles. The lowest BCUT2D eigenvalue weighted by Gasteiger charge is -2.19. The lowest BCUT2D eigenvalue weighted by Crippen LogP contribution is -2.32. The van der Waals surface area contributed by atoms with Gasteiger partial charge in [-0.05, 0) is 39.3 Å². The molecule has 1 rings (SSSR count). The Bertz CT molecular complexity index is 232. The molecule has 94 valence electrons. The standard InChI is InChI=1S/C12H23NO3/c1-12(11(15)16)6-8-13(10-12)7-4-2-3-5-9-14/h14H,2-10H2,1H3,(H,15,16). The summed E-state index contributed by atoms with van der Waals surface area (Å²) in [5.41, 5.74) is -0.537. The molecule has 0 bridgehead atoms. The first-order chi connectivity index (χ1) is 7.58. The van der Waals surface area contributed by atoms with E-state index in [4.69, 9.17) is 10.2 Å². The van der Waals surface area contributed by atoms with Crippen LogP contribution in [-0.4, -0.2) is 47.3 Å². The Morgan fingerprint density at radius 3 is 2.56 bits per heavy atom. The molecular formula is C12H23NO3. The highest BCUT2D eigenvalue weighted by Gasteiger charge is 2.39. The van der Waals surface area contributed by atoms with Gasteiger partial charge in [-0.25, -0.2) is 0 Å². The van der Waals surface area contributed by atoms with Crippen LogP contribution in [0.3, 0.4) is 0 Å². The van der Waals surface area contributed by atoms with E-state index in [-0.39, 0.29) is 6.61 Å². The zero-order valence-corrected chi connectivity index (χ0v) is 10.1. The molecule has 1 heterocycles. The van der Waals surface area contributed by atoms with Gasteiger partial charge < -0.3 is 15.1 Å². The second kappa shape index (κ2) is 6.21. The van der Waals surface area contributed by atoms with Crippen molar-refractivity contribution in [1.82, 2.24) is 4.90 Å². The fraction of sp³-hybridized carbons (Fsp3) is 0.917. The number of carboxylic acids is 1. The topological polar surface area (TPSA) is 60.8 Å². The lowest BCUT2D eigenvalue weighted by atomic mass is 9.90. The fourth-order valence-electron chi connectivity index (χ4n) is 2.22. The molecule has 0 radical (unpaired) electrons. The van der Waals surface area contributed by atoms with Crippen molar-refractivity contribution in [3.8, 4) is 0 Å². The van der Waals surface area contributed by atoms with Crippen molar-refractivity contribution in [2.75, 3.05) is 26.2 Å². The van der Waals surface area contributed by atoms with Crippen molar-refractivity contribution in [3.05, 3.63) is 0 Å². The van der Waals surface area contributed by atoms with Crippen LogP contribution in [0.2, 0.25) is 0 Å². The molecule has 1 aliphatic heterocycles.